The first kappa shape index (κ1) is 20.8. The molecule has 5 rings (SSSR count). The Hall–Kier alpha value is -4.04. The number of fused-ring (bicyclic) bond motifs is 3. The van der Waals surface area contributed by atoms with Crippen LogP contribution in [-0.4, -0.2) is 35.6 Å². The SMILES string of the molecule is Cc1cc(C(C)Nc2ccc(Cl)nc2C(=O)O)c2nc(-c3ccccc3)n3ncnc3c2c1. The maximum absolute atomic E-state index is 11.7. The van der Waals surface area contributed by atoms with Crippen LogP contribution in [0.25, 0.3) is 27.9 Å². The van der Waals surface area contributed by atoms with Gasteiger partial charge in [-0.2, -0.15) is 9.61 Å². The van der Waals surface area contributed by atoms with Crippen molar-refractivity contribution in [2.75, 3.05) is 5.32 Å². The van der Waals surface area contributed by atoms with E-state index in [2.05, 4.69) is 20.4 Å². The van der Waals surface area contributed by atoms with Gasteiger partial charge in [-0.15, -0.1) is 0 Å². The molecule has 0 bridgehead atoms. The Balaban J connectivity index is 1.70. The molecule has 0 spiro atoms. The summed E-state index contributed by atoms with van der Waals surface area (Å²) in [5.41, 5.74) is 4.55. The number of benzene rings is 2. The highest BCUT2D eigenvalue weighted by Gasteiger charge is 2.20. The molecule has 2 aromatic carbocycles. The van der Waals surface area contributed by atoms with Crippen LogP contribution < -0.4 is 5.32 Å². The number of anilines is 1. The van der Waals surface area contributed by atoms with Crippen LogP contribution in [-0.2, 0) is 0 Å². The number of halogens is 1. The lowest BCUT2D eigenvalue weighted by Crippen LogP contribution is -2.13. The van der Waals surface area contributed by atoms with E-state index in [4.69, 9.17) is 16.6 Å². The number of aromatic carboxylic acids is 1. The van der Waals surface area contributed by atoms with E-state index in [0.29, 0.717) is 17.2 Å². The van der Waals surface area contributed by atoms with E-state index in [0.717, 1.165) is 27.6 Å². The van der Waals surface area contributed by atoms with Gasteiger partial charge >= 0.3 is 5.97 Å². The van der Waals surface area contributed by atoms with Gasteiger partial charge in [-0.3, -0.25) is 0 Å². The second-order valence-corrected chi connectivity index (χ2v) is 8.14. The van der Waals surface area contributed by atoms with Crippen molar-refractivity contribution in [3.05, 3.63) is 82.9 Å². The lowest BCUT2D eigenvalue weighted by atomic mass is 10.0. The van der Waals surface area contributed by atoms with Gasteiger partial charge < -0.3 is 10.4 Å². The Morgan fingerprint density at radius 1 is 1.12 bits per heavy atom. The van der Waals surface area contributed by atoms with Gasteiger partial charge in [0.05, 0.1) is 17.2 Å². The van der Waals surface area contributed by atoms with Gasteiger partial charge in [0.1, 0.15) is 11.5 Å². The highest BCUT2D eigenvalue weighted by atomic mass is 35.5. The second-order valence-electron chi connectivity index (χ2n) is 7.75. The number of nitrogens with zero attached hydrogens (tertiary/aromatic N) is 5. The summed E-state index contributed by atoms with van der Waals surface area (Å²) < 4.78 is 1.74. The lowest BCUT2D eigenvalue weighted by molar-refractivity contribution is 0.0691. The molecule has 3 heterocycles. The summed E-state index contributed by atoms with van der Waals surface area (Å²) >= 11 is 5.91. The van der Waals surface area contributed by atoms with Crippen LogP contribution >= 0.6 is 11.6 Å². The monoisotopic (exact) mass is 458 g/mol. The minimum Gasteiger partial charge on any atom is -0.476 e. The van der Waals surface area contributed by atoms with Gasteiger partial charge in [-0.1, -0.05) is 48.0 Å². The van der Waals surface area contributed by atoms with E-state index < -0.39 is 5.97 Å². The van der Waals surface area contributed by atoms with E-state index in [1.807, 2.05) is 56.3 Å². The van der Waals surface area contributed by atoms with E-state index in [1.165, 1.54) is 6.33 Å². The summed E-state index contributed by atoms with van der Waals surface area (Å²) in [5.74, 6) is -0.483. The smallest absolute Gasteiger partial charge is 0.356 e. The molecule has 2 N–H and O–H groups in total. The zero-order valence-electron chi connectivity index (χ0n) is 17.8. The van der Waals surface area contributed by atoms with E-state index in [-0.39, 0.29) is 16.9 Å². The van der Waals surface area contributed by atoms with Gasteiger partial charge in [0.2, 0.25) is 0 Å². The summed E-state index contributed by atoms with van der Waals surface area (Å²) in [7, 11) is 0. The van der Waals surface area contributed by atoms with Crippen LogP contribution in [0.2, 0.25) is 5.15 Å². The molecule has 1 atom stereocenters. The highest BCUT2D eigenvalue weighted by molar-refractivity contribution is 6.29. The highest BCUT2D eigenvalue weighted by Crippen LogP contribution is 2.32. The van der Waals surface area contributed by atoms with Crippen molar-refractivity contribution in [1.82, 2.24) is 24.6 Å². The molecule has 0 aliphatic carbocycles. The molecule has 5 aromatic rings. The quantitative estimate of drug-likeness (QED) is 0.350. The Morgan fingerprint density at radius 3 is 2.67 bits per heavy atom. The first-order valence-electron chi connectivity index (χ1n) is 10.3. The summed E-state index contributed by atoms with van der Waals surface area (Å²) in [5, 5.41) is 18.2. The Kier molecular flexibility index (Phi) is 5.14. The van der Waals surface area contributed by atoms with Crippen molar-refractivity contribution in [1.29, 1.82) is 0 Å². The molecule has 164 valence electrons. The van der Waals surface area contributed by atoms with E-state index in [1.54, 1.807) is 16.6 Å². The number of nitrogens with one attached hydrogen (secondary N) is 1. The predicted molar refractivity (Wildman–Crippen MR) is 127 cm³/mol. The number of carbonyl (C=O) groups is 1. The molecule has 3 aromatic heterocycles. The molecular weight excluding hydrogens is 440 g/mol. The van der Waals surface area contributed by atoms with Gasteiger partial charge in [0, 0.05) is 16.5 Å². The molecule has 33 heavy (non-hydrogen) atoms. The molecule has 8 nitrogen and oxygen atoms in total. The average molecular weight is 459 g/mol. The van der Waals surface area contributed by atoms with E-state index >= 15 is 0 Å². The molecular formula is C24H19ClN6O2. The van der Waals surface area contributed by atoms with Gasteiger partial charge in [0.15, 0.2) is 17.2 Å². The third kappa shape index (κ3) is 3.74. The topological polar surface area (TPSA) is 105 Å². The largest absolute Gasteiger partial charge is 0.476 e. The Morgan fingerprint density at radius 2 is 1.91 bits per heavy atom. The molecule has 0 aliphatic heterocycles. The maximum atomic E-state index is 11.7. The number of hydrogen-bond donors (Lipinski definition) is 2. The van der Waals surface area contributed by atoms with Gasteiger partial charge in [-0.05, 0) is 37.6 Å². The number of pyridine rings is 1. The molecule has 0 amide bonds. The number of rotatable bonds is 5. The summed E-state index contributed by atoms with van der Waals surface area (Å²) in [4.78, 5) is 25.1. The van der Waals surface area contributed by atoms with Crippen LogP contribution in [0.4, 0.5) is 5.69 Å². The fourth-order valence-electron chi connectivity index (χ4n) is 3.97. The zero-order valence-corrected chi connectivity index (χ0v) is 18.6. The second kappa shape index (κ2) is 8.14. The van der Waals surface area contributed by atoms with Crippen molar-refractivity contribution in [2.45, 2.75) is 19.9 Å². The molecule has 1 unspecified atom stereocenters. The minimum absolute atomic E-state index is 0.120. The van der Waals surface area contributed by atoms with Crippen molar-refractivity contribution in [2.24, 2.45) is 0 Å². The fraction of sp³-hybridized carbons (Fsp3) is 0.125. The fourth-order valence-corrected chi connectivity index (χ4v) is 4.11. The first-order valence-corrected chi connectivity index (χ1v) is 10.7. The molecule has 0 fully saturated rings. The standard InChI is InChI=1S/C24H19ClN6O2/c1-13-10-16(14(2)28-18-8-9-19(25)29-21(18)24(32)33)20-17(11-13)23-26-12-27-31(23)22(30-20)15-6-4-3-5-7-15/h3-12,14,28H,1-2H3,(H,32,33). The molecule has 0 saturated carbocycles. The maximum Gasteiger partial charge on any atom is 0.356 e. The average Bonchev–Trinajstić information content (AvgIpc) is 3.30. The van der Waals surface area contributed by atoms with Crippen molar-refractivity contribution in [3.63, 3.8) is 0 Å². The predicted octanol–water partition coefficient (Wildman–Crippen LogP) is 5.17. The van der Waals surface area contributed by atoms with Crippen LogP contribution in [0.1, 0.15) is 34.6 Å². The Labute approximate surface area is 193 Å². The minimum atomic E-state index is -1.16. The number of carboxylic acids is 1. The first-order chi connectivity index (χ1) is 15.9. The third-order valence-corrected chi connectivity index (χ3v) is 5.64. The summed E-state index contributed by atoms with van der Waals surface area (Å²) in [6.07, 6.45) is 1.52. The number of aryl methyl sites for hydroxylation is 1. The number of hydrogen-bond acceptors (Lipinski definition) is 6. The lowest BCUT2D eigenvalue weighted by Gasteiger charge is -2.20. The van der Waals surface area contributed by atoms with Crippen molar-refractivity contribution >= 4 is 39.8 Å². The molecule has 0 aliphatic rings. The normalized spacial score (nSPS) is 12.2. The van der Waals surface area contributed by atoms with E-state index in [9.17, 15) is 9.90 Å². The van der Waals surface area contributed by atoms with Crippen LogP contribution in [0.15, 0.2) is 60.9 Å². The van der Waals surface area contributed by atoms with Crippen LogP contribution in [0, 0.1) is 6.92 Å². The van der Waals surface area contributed by atoms with Crippen LogP contribution in [0.5, 0.6) is 0 Å². The van der Waals surface area contributed by atoms with Crippen molar-refractivity contribution in [3.8, 4) is 11.4 Å². The van der Waals surface area contributed by atoms with Gasteiger partial charge in [0.25, 0.3) is 0 Å². The number of aromatic nitrogens is 5. The third-order valence-electron chi connectivity index (χ3n) is 5.43. The molecule has 9 heteroatoms. The van der Waals surface area contributed by atoms with Crippen LogP contribution in [0.3, 0.4) is 0 Å². The number of carboxylic acid groups (broad SMARTS) is 1. The van der Waals surface area contributed by atoms with Crippen molar-refractivity contribution < 1.29 is 9.90 Å². The molecule has 0 saturated heterocycles. The zero-order chi connectivity index (χ0) is 23.1. The summed E-state index contributed by atoms with van der Waals surface area (Å²) in [6.45, 7) is 3.95. The molecule has 0 radical (unpaired) electrons. The van der Waals surface area contributed by atoms with Gasteiger partial charge in [-0.25, -0.2) is 19.7 Å². The summed E-state index contributed by atoms with van der Waals surface area (Å²) in [6, 6.07) is 16.8. The Bertz CT molecular complexity index is 1520.